The van der Waals surface area contributed by atoms with E-state index in [0.29, 0.717) is 11.4 Å². The third kappa shape index (κ3) is 7.28. The van der Waals surface area contributed by atoms with Crippen molar-refractivity contribution in [1.82, 2.24) is 10.9 Å². The van der Waals surface area contributed by atoms with Crippen LogP contribution in [0.5, 0.6) is 0 Å². The summed E-state index contributed by atoms with van der Waals surface area (Å²) in [7, 11) is 0. The average molecular weight is 407 g/mol. The minimum absolute atomic E-state index is 0.0388. The molecule has 6 heteroatoms. The highest BCUT2D eigenvalue weighted by Crippen LogP contribution is 2.07. The molecule has 0 saturated heterocycles. The number of carbonyl (C=O) groups is 2. The van der Waals surface area contributed by atoms with Gasteiger partial charge in [0.25, 0.3) is 0 Å². The molecule has 6 nitrogen and oxygen atoms in total. The molecular weight excluding hydrogens is 376 g/mol. The lowest BCUT2D eigenvalue weighted by molar-refractivity contribution is -0.126. The Labute approximate surface area is 178 Å². The van der Waals surface area contributed by atoms with Gasteiger partial charge >= 0.3 is 0 Å². The van der Waals surface area contributed by atoms with Crippen LogP contribution in [0.4, 0.5) is 0 Å². The number of aryl methyl sites for hydroxylation is 2. The summed E-state index contributed by atoms with van der Waals surface area (Å²) in [5.74, 6) is -0.629. The normalized spacial score (nSPS) is 11.9. The van der Waals surface area contributed by atoms with Gasteiger partial charge < -0.3 is 0 Å². The van der Waals surface area contributed by atoms with Gasteiger partial charge in [0.15, 0.2) is 0 Å². The monoisotopic (exact) mass is 406 g/mol. The zero-order valence-electron chi connectivity index (χ0n) is 18.2. The highest BCUT2D eigenvalue weighted by molar-refractivity contribution is 6.00. The van der Waals surface area contributed by atoms with E-state index in [1.165, 1.54) is 11.1 Å². The zero-order chi connectivity index (χ0) is 21.9. The first kappa shape index (κ1) is 23.0. The molecule has 0 aromatic heterocycles. The summed E-state index contributed by atoms with van der Waals surface area (Å²) >= 11 is 0. The summed E-state index contributed by atoms with van der Waals surface area (Å²) in [6.07, 6.45) is 2.03. The largest absolute Gasteiger partial charge is 0.273 e. The van der Waals surface area contributed by atoms with E-state index >= 15 is 0 Å². The Kier molecular flexibility index (Phi) is 8.94. The first-order valence-corrected chi connectivity index (χ1v) is 10.3. The molecule has 2 rings (SSSR count). The number of nitrogens with one attached hydrogen (secondary N) is 2. The number of hydrogen-bond donors (Lipinski definition) is 2. The van der Waals surface area contributed by atoms with Crippen molar-refractivity contribution in [3.63, 3.8) is 0 Å². The number of hydrazone groups is 2. The van der Waals surface area contributed by atoms with Crippen LogP contribution in [0.3, 0.4) is 0 Å². The second-order valence-electron chi connectivity index (χ2n) is 7.07. The first-order chi connectivity index (χ1) is 14.4. The van der Waals surface area contributed by atoms with Gasteiger partial charge in [-0.3, -0.25) is 9.59 Å². The van der Waals surface area contributed by atoms with E-state index in [0.717, 1.165) is 24.0 Å². The highest BCUT2D eigenvalue weighted by Gasteiger charge is 2.07. The summed E-state index contributed by atoms with van der Waals surface area (Å²) < 4.78 is 0. The van der Waals surface area contributed by atoms with Crippen molar-refractivity contribution in [2.45, 2.75) is 53.4 Å². The Balaban J connectivity index is 1.78. The van der Waals surface area contributed by atoms with Crippen LogP contribution in [-0.2, 0) is 22.4 Å². The molecule has 0 atom stereocenters. The molecule has 2 aromatic carbocycles. The highest BCUT2D eigenvalue weighted by atomic mass is 16.2. The van der Waals surface area contributed by atoms with Crippen molar-refractivity contribution in [3.05, 3.63) is 70.8 Å². The van der Waals surface area contributed by atoms with E-state index in [2.05, 4.69) is 34.9 Å². The molecule has 0 aliphatic heterocycles. The van der Waals surface area contributed by atoms with E-state index in [1.54, 1.807) is 0 Å². The topological polar surface area (TPSA) is 82.9 Å². The maximum Gasteiger partial charge on any atom is 0.240 e. The van der Waals surface area contributed by atoms with Gasteiger partial charge in [-0.2, -0.15) is 10.2 Å². The van der Waals surface area contributed by atoms with Crippen molar-refractivity contribution in [3.8, 4) is 0 Å². The van der Waals surface area contributed by atoms with Gasteiger partial charge in [0.2, 0.25) is 11.8 Å². The summed E-state index contributed by atoms with van der Waals surface area (Å²) in [5, 5.41) is 8.23. The van der Waals surface area contributed by atoms with Crippen LogP contribution in [0.2, 0.25) is 0 Å². The molecule has 0 bridgehead atoms. The maximum absolute atomic E-state index is 12.0. The molecule has 0 saturated carbocycles. The van der Waals surface area contributed by atoms with Crippen molar-refractivity contribution >= 4 is 23.2 Å². The molecule has 0 heterocycles. The number of nitrogens with zero attached hydrogens (tertiary/aromatic N) is 2. The molecule has 2 aromatic rings. The minimum atomic E-state index is -0.314. The van der Waals surface area contributed by atoms with Crippen LogP contribution in [0, 0.1) is 0 Å². The molecule has 30 heavy (non-hydrogen) atoms. The third-order valence-electron chi connectivity index (χ3n) is 4.84. The maximum atomic E-state index is 12.0. The van der Waals surface area contributed by atoms with E-state index in [-0.39, 0.29) is 24.7 Å². The zero-order valence-corrected chi connectivity index (χ0v) is 18.2. The van der Waals surface area contributed by atoms with Crippen LogP contribution in [-0.4, -0.2) is 23.2 Å². The molecular formula is C24H30N4O2. The molecule has 0 radical (unpaired) electrons. The smallest absolute Gasteiger partial charge is 0.240 e. The van der Waals surface area contributed by atoms with Crippen molar-refractivity contribution in [2.24, 2.45) is 10.2 Å². The van der Waals surface area contributed by atoms with Gasteiger partial charge in [-0.15, -0.1) is 0 Å². The molecule has 0 spiro atoms. The Hall–Kier alpha value is -3.28. The van der Waals surface area contributed by atoms with Crippen LogP contribution >= 0.6 is 0 Å². The Bertz CT molecular complexity index is 836. The van der Waals surface area contributed by atoms with Gasteiger partial charge in [-0.05, 0) is 48.9 Å². The molecule has 2 N–H and O–H groups in total. The van der Waals surface area contributed by atoms with Gasteiger partial charge in [0.1, 0.15) is 0 Å². The summed E-state index contributed by atoms with van der Waals surface area (Å²) in [6, 6.07) is 16.1. The van der Waals surface area contributed by atoms with E-state index in [9.17, 15) is 9.59 Å². The van der Waals surface area contributed by atoms with E-state index in [1.807, 2.05) is 62.4 Å². The fraction of sp³-hybridized carbons (Fsp3) is 0.333. The molecule has 0 fully saturated rings. The first-order valence-electron chi connectivity index (χ1n) is 10.3. The number of hydrogen-bond acceptors (Lipinski definition) is 4. The Morgan fingerprint density at radius 2 is 1.00 bits per heavy atom. The van der Waals surface area contributed by atoms with Crippen molar-refractivity contribution in [2.75, 3.05) is 0 Å². The minimum Gasteiger partial charge on any atom is -0.273 e. The van der Waals surface area contributed by atoms with E-state index in [4.69, 9.17) is 0 Å². The van der Waals surface area contributed by atoms with Crippen LogP contribution in [0.1, 0.15) is 62.8 Å². The quantitative estimate of drug-likeness (QED) is 0.488. The van der Waals surface area contributed by atoms with Crippen LogP contribution in [0.15, 0.2) is 58.7 Å². The van der Waals surface area contributed by atoms with Gasteiger partial charge in [-0.25, -0.2) is 10.9 Å². The van der Waals surface area contributed by atoms with Crippen molar-refractivity contribution < 1.29 is 9.59 Å². The SMILES string of the molecule is CCc1ccc(C(C)=NNC(=O)CCC(=O)NN=C(C)c2ccc(CC)cc2)cc1. The second kappa shape index (κ2) is 11.7. The molecule has 2 amide bonds. The summed E-state index contributed by atoms with van der Waals surface area (Å²) in [6.45, 7) is 7.86. The lowest BCUT2D eigenvalue weighted by Crippen LogP contribution is -2.24. The molecule has 158 valence electrons. The van der Waals surface area contributed by atoms with Gasteiger partial charge in [0, 0.05) is 12.8 Å². The predicted octanol–water partition coefficient (Wildman–Crippen LogP) is 3.97. The number of benzene rings is 2. The van der Waals surface area contributed by atoms with Crippen molar-refractivity contribution in [1.29, 1.82) is 0 Å². The van der Waals surface area contributed by atoms with Crippen LogP contribution < -0.4 is 10.9 Å². The molecule has 0 aliphatic rings. The third-order valence-corrected chi connectivity index (χ3v) is 4.84. The molecule has 0 unspecified atom stereocenters. The second-order valence-corrected chi connectivity index (χ2v) is 7.07. The lowest BCUT2D eigenvalue weighted by atomic mass is 10.1. The summed E-state index contributed by atoms with van der Waals surface area (Å²) in [5.41, 5.74) is 10.8. The fourth-order valence-corrected chi connectivity index (χ4v) is 2.72. The Morgan fingerprint density at radius 1 is 0.667 bits per heavy atom. The van der Waals surface area contributed by atoms with E-state index < -0.39 is 0 Å². The fourth-order valence-electron chi connectivity index (χ4n) is 2.72. The average Bonchev–Trinajstić information content (AvgIpc) is 2.79. The number of rotatable bonds is 9. The Morgan fingerprint density at radius 3 is 1.30 bits per heavy atom. The molecule has 0 aliphatic carbocycles. The van der Waals surface area contributed by atoms with Gasteiger partial charge in [-0.1, -0.05) is 62.4 Å². The lowest BCUT2D eigenvalue weighted by Gasteiger charge is -2.05. The number of amides is 2. The summed E-state index contributed by atoms with van der Waals surface area (Å²) in [4.78, 5) is 23.9. The number of carbonyl (C=O) groups excluding carboxylic acids is 2. The van der Waals surface area contributed by atoms with Crippen LogP contribution in [0.25, 0.3) is 0 Å². The predicted molar refractivity (Wildman–Crippen MR) is 122 cm³/mol. The standard InChI is InChI=1S/C24H30N4O2/c1-5-19-7-11-21(12-8-19)17(3)25-27-23(29)15-16-24(30)28-26-18(4)22-13-9-20(6-2)10-14-22/h7-14H,5-6,15-16H2,1-4H3,(H,27,29)(H,28,30). The van der Waals surface area contributed by atoms with Gasteiger partial charge in [0.05, 0.1) is 11.4 Å².